The fourth-order valence-corrected chi connectivity index (χ4v) is 2.87. The van der Waals surface area contributed by atoms with E-state index in [1.807, 2.05) is 25.1 Å². The predicted octanol–water partition coefficient (Wildman–Crippen LogP) is 2.76. The zero-order chi connectivity index (χ0) is 15.0. The van der Waals surface area contributed by atoms with Gasteiger partial charge in [0.15, 0.2) is 6.29 Å². The van der Waals surface area contributed by atoms with Crippen LogP contribution < -0.4 is 4.90 Å². The lowest BCUT2D eigenvalue weighted by Crippen LogP contribution is -2.45. The lowest BCUT2D eigenvalue weighted by Gasteiger charge is -2.34. The molecule has 4 nitrogen and oxygen atoms in total. The molecule has 0 aliphatic carbocycles. The van der Waals surface area contributed by atoms with Gasteiger partial charge in [0.25, 0.3) is 0 Å². The first kappa shape index (κ1) is 14.3. The Kier molecular flexibility index (Phi) is 3.83. The minimum atomic E-state index is 0.647. The third kappa shape index (κ3) is 2.61. The van der Waals surface area contributed by atoms with Gasteiger partial charge in [0, 0.05) is 36.6 Å². The van der Waals surface area contributed by atoms with Crippen molar-refractivity contribution in [2.45, 2.75) is 6.92 Å². The summed E-state index contributed by atoms with van der Waals surface area (Å²) in [5.41, 5.74) is 2.48. The summed E-state index contributed by atoms with van der Waals surface area (Å²) in [5, 5.41) is 1.66. The molecule has 1 aliphatic heterocycles. The van der Waals surface area contributed by atoms with E-state index in [2.05, 4.69) is 16.8 Å². The number of likely N-dealkylation sites (N-methyl/N-ethyl adjacent to an activating group) is 1. The fourth-order valence-electron chi connectivity index (χ4n) is 2.72. The van der Waals surface area contributed by atoms with Crippen LogP contribution in [0.2, 0.25) is 5.02 Å². The first-order valence-corrected chi connectivity index (χ1v) is 7.46. The lowest BCUT2D eigenvalue weighted by molar-refractivity contribution is 0.112. The van der Waals surface area contributed by atoms with Gasteiger partial charge in [-0.15, -0.1) is 0 Å². The summed E-state index contributed by atoms with van der Waals surface area (Å²) in [5.74, 6) is 0.774. The number of hydrogen-bond acceptors (Lipinski definition) is 4. The monoisotopic (exact) mass is 303 g/mol. The number of benzene rings is 1. The van der Waals surface area contributed by atoms with Crippen molar-refractivity contribution in [2.24, 2.45) is 0 Å². The first-order chi connectivity index (χ1) is 10.1. The molecule has 0 amide bonds. The number of pyridine rings is 1. The molecule has 3 rings (SSSR count). The van der Waals surface area contributed by atoms with Crippen molar-refractivity contribution in [2.75, 3.05) is 38.1 Å². The third-order valence-electron chi connectivity index (χ3n) is 4.11. The van der Waals surface area contributed by atoms with Crippen LogP contribution in [0, 0.1) is 6.92 Å². The maximum Gasteiger partial charge on any atom is 0.153 e. The van der Waals surface area contributed by atoms with E-state index in [-0.39, 0.29) is 0 Å². The van der Waals surface area contributed by atoms with Gasteiger partial charge in [0.1, 0.15) is 5.82 Å². The Labute approximate surface area is 129 Å². The van der Waals surface area contributed by atoms with Crippen LogP contribution in [0.15, 0.2) is 18.2 Å². The van der Waals surface area contributed by atoms with Crippen molar-refractivity contribution in [3.8, 4) is 0 Å². The zero-order valence-corrected chi connectivity index (χ0v) is 13.0. The summed E-state index contributed by atoms with van der Waals surface area (Å²) >= 11 is 6.19. The van der Waals surface area contributed by atoms with Crippen molar-refractivity contribution in [3.05, 3.63) is 34.3 Å². The normalized spacial score (nSPS) is 16.4. The van der Waals surface area contributed by atoms with Crippen molar-refractivity contribution < 1.29 is 4.79 Å². The second-order valence-electron chi connectivity index (χ2n) is 5.55. The number of nitrogens with zero attached hydrogens (tertiary/aromatic N) is 3. The van der Waals surface area contributed by atoms with Gasteiger partial charge >= 0.3 is 0 Å². The quantitative estimate of drug-likeness (QED) is 0.799. The number of aryl methyl sites for hydroxylation is 1. The second kappa shape index (κ2) is 5.62. The number of hydrogen-bond donors (Lipinski definition) is 0. The molecular formula is C16H18ClN3O. The number of aromatic nitrogens is 1. The van der Waals surface area contributed by atoms with Crippen molar-refractivity contribution in [1.82, 2.24) is 9.88 Å². The summed E-state index contributed by atoms with van der Waals surface area (Å²) in [6, 6.07) is 5.68. The maximum absolute atomic E-state index is 11.4. The van der Waals surface area contributed by atoms with Gasteiger partial charge in [-0.3, -0.25) is 4.79 Å². The number of halogens is 1. The van der Waals surface area contributed by atoms with Crippen molar-refractivity contribution in [3.63, 3.8) is 0 Å². The lowest BCUT2D eigenvalue weighted by atomic mass is 10.1. The average molecular weight is 304 g/mol. The van der Waals surface area contributed by atoms with Gasteiger partial charge in [-0.25, -0.2) is 4.98 Å². The molecule has 0 saturated carbocycles. The topological polar surface area (TPSA) is 36.4 Å². The fraction of sp³-hybridized carbons (Fsp3) is 0.375. The number of rotatable bonds is 2. The van der Waals surface area contributed by atoms with Crippen LogP contribution in [-0.4, -0.2) is 49.4 Å². The van der Waals surface area contributed by atoms with Gasteiger partial charge in [0.2, 0.25) is 0 Å². The molecule has 0 N–H and O–H groups in total. The second-order valence-corrected chi connectivity index (χ2v) is 5.96. The summed E-state index contributed by atoms with van der Waals surface area (Å²) in [6.07, 6.45) is 0.893. The molecule has 0 atom stereocenters. The number of fused-ring (bicyclic) bond motifs is 1. The van der Waals surface area contributed by atoms with E-state index < -0.39 is 0 Å². The largest absolute Gasteiger partial charge is 0.353 e. The summed E-state index contributed by atoms with van der Waals surface area (Å²) in [4.78, 5) is 20.6. The standard InChI is InChI=1S/C16H18ClN3O/c1-11-14(17)4-3-12-9-13(10-21)16(18-15(11)12)20-7-5-19(2)6-8-20/h3-4,9-10H,5-8H2,1-2H3. The maximum atomic E-state index is 11.4. The van der Waals surface area contributed by atoms with E-state index in [4.69, 9.17) is 16.6 Å². The number of aldehydes is 1. The van der Waals surface area contributed by atoms with Gasteiger partial charge in [-0.1, -0.05) is 17.7 Å². The van der Waals surface area contributed by atoms with Crippen LogP contribution >= 0.6 is 11.6 Å². The summed E-state index contributed by atoms with van der Waals surface area (Å²) in [7, 11) is 2.11. The Hall–Kier alpha value is -1.65. The van der Waals surface area contributed by atoms with Crippen LogP contribution in [0.25, 0.3) is 10.9 Å². The molecule has 2 aromatic rings. The van der Waals surface area contributed by atoms with Gasteiger partial charge in [0.05, 0.1) is 11.1 Å². The van der Waals surface area contributed by atoms with Gasteiger partial charge < -0.3 is 9.80 Å². The van der Waals surface area contributed by atoms with Gasteiger partial charge in [-0.05, 0) is 31.7 Å². The Morgan fingerprint density at radius 2 is 1.95 bits per heavy atom. The highest BCUT2D eigenvalue weighted by molar-refractivity contribution is 6.32. The SMILES string of the molecule is Cc1c(Cl)ccc2cc(C=O)c(N3CCN(C)CC3)nc12. The molecule has 110 valence electrons. The van der Waals surface area contributed by atoms with Crippen LogP contribution in [0.5, 0.6) is 0 Å². The van der Waals surface area contributed by atoms with Crippen LogP contribution in [0.4, 0.5) is 5.82 Å². The van der Waals surface area contributed by atoms with Crippen molar-refractivity contribution in [1.29, 1.82) is 0 Å². The van der Waals surface area contributed by atoms with E-state index in [9.17, 15) is 4.79 Å². The molecule has 0 spiro atoms. The van der Waals surface area contributed by atoms with Crippen LogP contribution in [0.3, 0.4) is 0 Å². The molecule has 1 saturated heterocycles. The number of piperazine rings is 1. The molecule has 1 aromatic heterocycles. The number of carbonyl (C=O) groups excluding carboxylic acids is 1. The third-order valence-corrected chi connectivity index (χ3v) is 4.52. The highest BCUT2D eigenvalue weighted by atomic mass is 35.5. The molecule has 1 aliphatic rings. The molecule has 2 heterocycles. The van der Waals surface area contributed by atoms with Crippen LogP contribution in [0.1, 0.15) is 15.9 Å². The Balaban J connectivity index is 2.12. The zero-order valence-electron chi connectivity index (χ0n) is 12.3. The van der Waals surface area contributed by atoms with Gasteiger partial charge in [-0.2, -0.15) is 0 Å². The first-order valence-electron chi connectivity index (χ1n) is 7.08. The summed E-state index contributed by atoms with van der Waals surface area (Å²) in [6.45, 7) is 5.69. The van der Waals surface area contributed by atoms with Crippen LogP contribution in [-0.2, 0) is 0 Å². The molecule has 21 heavy (non-hydrogen) atoms. The molecule has 1 fully saturated rings. The minimum absolute atomic E-state index is 0.647. The molecular weight excluding hydrogens is 286 g/mol. The average Bonchev–Trinajstić information content (AvgIpc) is 2.51. The smallest absolute Gasteiger partial charge is 0.153 e. The highest BCUT2D eigenvalue weighted by Crippen LogP contribution is 2.28. The molecule has 1 aromatic carbocycles. The number of carbonyl (C=O) groups is 1. The van der Waals surface area contributed by atoms with E-state index in [0.717, 1.165) is 54.7 Å². The van der Waals surface area contributed by atoms with E-state index in [1.54, 1.807) is 0 Å². The Morgan fingerprint density at radius 1 is 1.24 bits per heavy atom. The van der Waals surface area contributed by atoms with E-state index in [1.165, 1.54) is 0 Å². The van der Waals surface area contributed by atoms with E-state index >= 15 is 0 Å². The summed E-state index contributed by atoms with van der Waals surface area (Å²) < 4.78 is 0. The highest BCUT2D eigenvalue weighted by Gasteiger charge is 2.19. The Morgan fingerprint density at radius 3 is 2.62 bits per heavy atom. The molecule has 5 heteroatoms. The van der Waals surface area contributed by atoms with E-state index in [0.29, 0.717) is 10.6 Å². The number of anilines is 1. The minimum Gasteiger partial charge on any atom is -0.353 e. The van der Waals surface area contributed by atoms with Crippen molar-refractivity contribution >= 4 is 34.6 Å². The predicted molar refractivity (Wildman–Crippen MR) is 86.6 cm³/mol. The molecule has 0 bridgehead atoms. The molecule has 0 radical (unpaired) electrons. The molecule has 0 unspecified atom stereocenters. The Bertz CT molecular complexity index is 693.